The Hall–Kier alpha value is -3.61. The molecule has 0 spiro atoms. The number of aromatic amines is 1. The molecule has 1 atom stereocenters. The van der Waals surface area contributed by atoms with Gasteiger partial charge in [-0.1, -0.05) is 26.0 Å². The predicted molar refractivity (Wildman–Crippen MR) is 124 cm³/mol. The summed E-state index contributed by atoms with van der Waals surface area (Å²) < 4.78 is 10.7. The Morgan fingerprint density at radius 2 is 2.00 bits per heavy atom. The molecular formula is C25H27N3O4. The fourth-order valence-corrected chi connectivity index (χ4v) is 3.95. The highest BCUT2D eigenvalue weighted by molar-refractivity contribution is 5.83. The van der Waals surface area contributed by atoms with Crippen molar-refractivity contribution in [3.63, 3.8) is 0 Å². The zero-order chi connectivity index (χ0) is 22.8. The largest absolute Gasteiger partial charge is 0.497 e. The minimum atomic E-state index is -0.422. The number of imidazole rings is 1. The maximum Gasteiger partial charge on any atom is 0.339 e. The number of ether oxygens (including phenoxy) is 1. The minimum absolute atomic E-state index is 0.141. The quantitative estimate of drug-likeness (QED) is 0.420. The lowest BCUT2D eigenvalue weighted by atomic mass is 10.0. The third-order valence-corrected chi connectivity index (χ3v) is 5.78. The Kier molecular flexibility index (Phi) is 5.99. The molecule has 4 rings (SSSR count). The lowest BCUT2D eigenvalue weighted by molar-refractivity contribution is -0.122. The number of nitrogens with one attached hydrogen (secondary N) is 2. The monoisotopic (exact) mass is 433 g/mol. The van der Waals surface area contributed by atoms with E-state index in [1.54, 1.807) is 13.2 Å². The molecule has 0 aliphatic carbocycles. The number of hydrogen-bond acceptors (Lipinski definition) is 5. The molecule has 0 unspecified atom stereocenters. The lowest BCUT2D eigenvalue weighted by Gasteiger charge is -2.20. The number of amides is 1. The van der Waals surface area contributed by atoms with Crippen LogP contribution in [0.4, 0.5) is 0 Å². The second-order valence-electron chi connectivity index (χ2n) is 8.28. The molecule has 0 fully saturated rings. The van der Waals surface area contributed by atoms with Gasteiger partial charge >= 0.3 is 5.63 Å². The molecule has 1 amide bonds. The fraction of sp³-hybridized carbons (Fsp3) is 0.320. The van der Waals surface area contributed by atoms with Crippen LogP contribution in [0.15, 0.2) is 51.7 Å². The van der Waals surface area contributed by atoms with Gasteiger partial charge in [-0.05, 0) is 49.1 Å². The number of carbonyl (C=O) groups excluding carboxylic acids is 1. The first-order valence-corrected chi connectivity index (χ1v) is 10.7. The van der Waals surface area contributed by atoms with Crippen molar-refractivity contribution < 1.29 is 13.9 Å². The van der Waals surface area contributed by atoms with Crippen molar-refractivity contribution >= 4 is 27.9 Å². The number of hydrogen-bond donors (Lipinski definition) is 2. The van der Waals surface area contributed by atoms with Gasteiger partial charge in [-0.15, -0.1) is 0 Å². The summed E-state index contributed by atoms with van der Waals surface area (Å²) in [5.41, 5.74) is 3.19. The molecule has 0 aliphatic rings. The van der Waals surface area contributed by atoms with Gasteiger partial charge < -0.3 is 19.5 Å². The first kappa shape index (κ1) is 21.6. The average Bonchev–Trinajstić information content (AvgIpc) is 3.20. The Bertz CT molecular complexity index is 1300. The van der Waals surface area contributed by atoms with E-state index in [1.807, 2.05) is 57.2 Å². The number of carbonyl (C=O) groups is 1. The highest BCUT2D eigenvalue weighted by Crippen LogP contribution is 2.25. The van der Waals surface area contributed by atoms with Crippen LogP contribution in [0.5, 0.6) is 5.75 Å². The van der Waals surface area contributed by atoms with Crippen molar-refractivity contribution in [2.45, 2.75) is 39.7 Å². The number of fused-ring (bicyclic) bond motifs is 2. The summed E-state index contributed by atoms with van der Waals surface area (Å²) in [6, 6.07) is 12.9. The summed E-state index contributed by atoms with van der Waals surface area (Å²) >= 11 is 0. The van der Waals surface area contributed by atoms with Crippen LogP contribution in [0, 0.1) is 12.8 Å². The van der Waals surface area contributed by atoms with Crippen molar-refractivity contribution in [1.29, 1.82) is 0 Å². The number of aryl methyl sites for hydroxylation is 1. The van der Waals surface area contributed by atoms with Gasteiger partial charge in [0.05, 0.1) is 24.2 Å². The van der Waals surface area contributed by atoms with Gasteiger partial charge in [-0.3, -0.25) is 4.79 Å². The second-order valence-corrected chi connectivity index (χ2v) is 8.28. The van der Waals surface area contributed by atoms with Crippen LogP contribution in [-0.2, 0) is 11.2 Å². The van der Waals surface area contributed by atoms with Crippen LogP contribution in [0.2, 0.25) is 0 Å². The molecule has 7 nitrogen and oxygen atoms in total. The van der Waals surface area contributed by atoms with Crippen LogP contribution in [0.25, 0.3) is 22.0 Å². The van der Waals surface area contributed by atoms with E-state index in [9.17, 15) is 9.59 Å². The third-order valence-electron chi connectivity index (χ3n) is 5.78. The number of H-pyrrole nitrogens is 1. The maximum atomic E-state index is 12.8. The highest BCUT2D eigenvalue weighted by Gasteiger charge is 2.22. The van der Waals surface area contributed by atoms with Gasteiger partial charge in [0.1, 0.15) is 17.2 Å². The van der Waals surface area contributed by atoms with Crippen LogP contribution >= 0.6 is 0 Å². The Balaban J connectivity index is 1.51. The SMILES string of the molecule is COc1ccc2c(C)c(CCC(=O)N[C@@H](c3nc4ccccc4[nH]3)C(C)C)c(=O)oc2c1. The number of rotatable bonds is 7. The molecule has 32 heavy (non-hydrogen) atoms. The van der Waals surface area contributed by atoms with Crippen molar-refractivity contribution in [1.82, 2.24) is 15.3 Å². The molecule has 0 radical (unpaired) electrons. The first-order chi connectivity index (χ1) is 15.4. The summed E-state index contributed by atoms with van der Waals surface area (Å²) in [6.45, 7) is 5.95. The molecule has 2 N–H and O–H groups in total. The molecule has 0 saturated carbocycles. The molecule has 0 aliphatic heterocycles. The summed E-state index contributed by atoms with van der Waals surface area (Å²) in [4.78, 5) is 33.3. The van der Waals surface area contributed by atoms with Gasteiger partial charge in [0.2, 0.25) is 5.91 Å². The van der Waals surface area contributed by atoms with E-state index in [-0.39, 0.29) is 24.3 Å². The average molecular weight is 434 g/mol. The number of benzene rings is 2. The first-order valence-electron chi connectivity index (χ1n) is 10.7. The third kappa shape index (κ3) is 4.23. The number of para-hydroxylation sites is 2. The van der Waals surface area contributed by atoms with E-state index in [0.717, 1.165) is 27.8 Å². The molecule has 4 aromatic rings. The van der Waals surface area contributed by atoms with Crippen LogP contribution < -0.4 is 15.7 Å². The molecule has 0 bridgehead atoms. The highest BCUT2D eigenvalue weighted by atomic mass is 16.5. The van der Waals surface area contributed by atoms with Crippen LogP contribution in [0.3, 0.4) is 0 Å². The van der Waals surface area contributed by atoms with Crippen molar-refractivity contribution in [3.05, 3.63) is 69.8 Å². The van der Waals surface area contributed by atoms with Gasteiger partial charge in [0, 0.05) is 23.4 Å². The van der Waals surface area contributed by atoms with E-state index in [4.69, 9.17) is 9.15 Å². The van der Waals surface area contributed by atoms with Gasteiger partial charge in [-0.25, -0.2) is 9.78 Å². The maximum absolute atomic E-state index is 12.8. The Morgan fingerprint density at radius 3 is 2.72 bits per heavy atom. The summed E-state index contributed by atoms with van der Waals surface area (Å²) in [5, 5.41) is 3.91. The molecule has 2 heterocycles. The molecule has 2 aromatic heterocycles. The van der Waals surface area contributed by atoms with Crippen LogP contribution in [-0.4, -0.2) is 23.0 Å². The Morgan fingerprint density at radius 1 is 1.22 bits per heavy atom. The number of methoxy groups -OCH3 is 1. The van der Waals surface area contributed by atoms with Gasteiger partial charge in [0.25, 0.3) is 0 Å². The fourth-order valence-electron chi connectivity index (χ4n) is 3.95. The molecule has 7 heteroatoms. The van der Waals surface area contributed by atoms with Crippen molar-refractivity contribution in [2.24, 2.45) is 5.92 Å². The van der Waals surface area contributed by atoms with Crippen molar-refractivity contribution in [2.75, 3.05) is 7.11 Å². The van der Waals surface area contributed by atoms with Crippen molar-refractivity contribution in [3.8, 4) is 5.75 Å². The summed E-state index contributed by atoms with van der Waals surface area (Å²) in [5.74, 6) is 1.35. The van der Waals surface area contributed by atoms with E-state index in [2.05, 4.69) is 15.3 Å². The molecule has 2 aromatic carbocycles. The van der Waals surface area contributed by atoms with Gasteiger partial charge in [-0.2, -0.15) is 0 Å². The van der Waals surface area contributed by atoms with Crippen LogP contribution in [0.1, 0.15) is 43.3 Å². The molecule has 0 saturated heterocycles. The molecular weight excluding hydrogens is 406 g/mol. The predicted octanol–water partition coefficient (Wildman–Crippen LogP) is 4.43. The standard InChI is InChI=1S/C25H27N3O4/c1-14(2)23(24-26-19-7-5-6-8-20(19)27-24)28-22(29)12-11-18-15(3)17-10-9-16(31-4)13-21(17)32-25(18)30/h5-10,13-14,23H,11-12H2,1-4H3,(H,26,27)(H,28,29)/t23-/m1/s1. The summed E-state index contributed by atoms with van der Waals surface area (Å²) in [7, 11) is 1.56. The summed E-state index contributed by atoms with van der Waals surface area (Å²) in [6.07, 6.45) is 0.476. The second kappa shape index (κ2) is 8.86. The topological polar surface area (TPSA) is 97.2 Å². The van der Waals surface area contributed by atoms with Gasteiger partial charge in [0.15, 0.2) is 0 Å². The minimum Gasteiger partial charge on any atom is -0.497 e. The zero-order valence-corrected chi connectivity index (χ0v) is 18.7. The zero-order valence-electron chi connectivity index (χ0n) is 18.7. The number of nitrogens with zero attached hydrogens (tertiary/aromatic N) is 1. The van der Waals surface area contributed by atoms with E-state index >= 15 is 0 Å². The van der Waals surface area contributed by atoms with E-state index < -0.39 is 5.63 Å². The van der Waals surface area contributed by atoms with E-state index in [0.29, 0.717) is 23.3 Å². The molecule has 166 valence electrons. The van der Waals surface area contributed by atoms with E-state index in [1.165, 1.54) is 0 Å². The Labute approximate surface area is 185 Å². The lowest BCUT2D eigenvalue weighted by Crippen LogP contribution is -2.33. The number of aromatic nitrogens is 2. The smallest absolute Gasteiger partial charge is 0.339 e. The normalized spacial score (nSPS) is 12.4.